The fourth-order valence-electron chi connectivity index (χ4n) is 2.47. The third-order valence-corrected chi connectivity index (χ3v) is 3.98. The summed E-state index contributed by atoms with van der Waals surface area (Å²) in [5.41, 5.74) is -2.01. The Kier molecular flexibility index (Phi) is 5.71. The highest BCUT2D eigenvalue weighted by Crippen LogP contribution is 2.23. The third kappa shape index (κ3) is 4.17. The summed E-state index contributed by atoms with van der Waals surface area (Å²) >= 11 is 0. The molecule has 7 nitrogen and oxygen atoms in total. The van der Waals surface area contributed by atoms with Crippen LogP contribution in [0.5, 0.6) is 0 Å². The predicted octanol–water partition coefficient (Wildman–Crippen LogP) is -0.0247. The van der Waals surface area contributed by atoms with Crippen LogP contribution in [0.25, 0.3) is 0 Å². The van der Waals surface area contributed by atoms with Gasteiger partial charge in [0.2, 0.25) is 11.8 Å². The molecule has 1 rings (SSSR count). The van der Waals surface area contributed by atoms with Crippen LogP contribution in [-0.2, 0) is 14.4 Å². The van der Waals surface area contributed by atoms with E-state index in [0.717, 1.165) is 19.8 Å². The molecule has 0 aromatic carbocycles. The summed E-state index contributed by atoms with van der Waals surface area (Å²) in [5, 5.41) is 20.8. The molecule has 1 saturated heterocycles. The Morgan fingerprint density at radius 2 is 2.00 bits per heavy atom. The quantitative estimate of drug-likeness (QED) is 0.612. The maximum Gasteiger partial charge on any atom is 0.337 e. The molecule has 3 N–H and O–H groups in total. The van der Waals surface area contributed by atoms with Gasteiger partial charge >= 0.3 is 5.97 Å². The molecule has 1 fully saturated rings. The van der Waals surface area contributed by atoms with Crippen molar-refractivity contribution >= 4 is 17.8 Å². The third-order valence-electron chi connectivity index (χ3n) is 3.98. The number of carboxylic acid groups (broad SMARTS) is 1. The average molecular weight is 300 g/mol. The van der Waals surface area contributed by atoms with E-state index in [1.54, 1.807) is 4.90 Å². The van der Waals surface area contributed by atoms with Crippen LogP contribution in [0, 0.1) is 5.92 Å². The summed E-state index contributed by atoms with van der Waals surface area (Å²) in [6.07, 6.45) is 1.81. The van der Waals surface area contributed by atoms with Gasteiger partial charge in [-0.2, -0.15) is 0 Å². The first-order valence-electron chi connectivity index (χ1n) is 7.25. The largest absolute Gasteiger partial charge is 0.479 e. The number of nitrogens with zero attached hydrogens (tertiary/aromatic N) is 1. The van der Waals surface area contributed by atoms with Crippen molar-refractivity contribution < 1.29 is 24.6 Å². The number of carboxylic acids is 1. The van der Waals surface area contributed by atoms with Crippen molar-refractivity contribution in [3.8, 4) is 0 Å². The number of carbonyl (C=O) groups excluding carboxylic acids is 2. The molecule has 120 valence electrons. The number of hydrogen-bond donors (Lipinski definition) is 3. The van der Waals surface area contributed by atoms with Gasteiger partial charge in [0.1, 0.15) is 0 Å². The molecule has 1 aliphatic heterocycles. The number of aliphatic hydroxyl groups is 1. The van der Waals surface area contributed by atoms with Crippen molar-refractivity contribution in [1.82, 2.24) is 10.2 Å². The van der Waals surface area contributed by atoms with E-state index in [4.69, 9.17) is 5.11 Å². The maximum absolute atomic E-state index is 12.0. The number of hydrogen-bond acceptors (Lipinski definition) is 4. The van der Waals surface area contributed by atoms with Crippen LogP contribution in [0.2, 0.25) is 0 Å². The molecule has 2 unspecified atom stereocenters. The van der Waals surface area contributed by atoms with Gasteiger partial charge in [0.05, 0.1) is 12.5 Å². The molecule has 1 heterocycles. The molecule has 2 amide bonds. The van der Waals surface area contributed by atoms with Gasteiger partial charge < -0.3 is 20.4 Å². The smallest absolute Gasteiger partial charge is 0.337 e. The van der Waals surface area contributed by atoms with Crippen molar-refractivity contribution in [1.29, 1.82) is 0 Å². The number of amides is 2. The van der Waals surface area contributed by atoms with E-state index in [1.807, 2.05) is 13.8 Å². The lowest BCUT2D eigenvalue weighted by molar-refractivity contribution is -0.156. The van der Waals surface area contributed by atoms with Gasteiger partial charge in [0.15, 0.2) is 5.60 Å². The molecule has 0 aromatic heterocycles. The van der Waals surface area contributed by atoms with Crippen molar-refractivity contribution in [3.05, 3.63) is 0 Å². The normalized spacial score (nSPS) is 21.5. The van der Waals surface area contributed by atoms with Gasteiger partial charge in [-0.25, -0.2) is 4.79 Å². The highest BCUT2D eigenvalue weighted by molar-refractivity contribution is 5.89. The van der Waals surface area contributed by atoms with E-state index >= 15 is 0 Å². The number of aliphatic carboxylic acids is 1. The number of rotatable bonds is 7. The first-order chi connectivity index (χ1) is 9.72. The Bertz CT molecular complexity index is 418. The Balaban J connectivity index is 2.58. The highest BCUT2D eigenvalue weighted by atomic mass is 16.4. The molecule has 7 heteroatoms. The molecule has 0 bridgehead atoms. The monoisotopic (exact) mass is 300 g/mol. The van der Waals surface area contributed by atoms with E-state index in [9.17, 15) is 19.5 Å². The van der Waals surface area contributed by atoms with Crippen LogP contribution in [0.15, 0.2) is 0 Å². The number of likely N-dealkylation sites (tertiary alicyclic amines) is 1. The Hall–Kier alpha value is -1.63. The molecule has 0 saturated carbocycles. The van der Waals surface area contributed by atoms with E-state index in [0.29, 0.717) is 6.54 Å². The highest BCUT2D eigenvalue weighted by Gasteiger charge is 2.38. The fraction of sp³-hybridized carbons (Fsp3) is 0.786. The molecule has 0 spiro atoms. The molecule has 0 radical (unpaired) electrons. The molecule has 0 aromatic rings. The zero-order valence-electron chi connectivity index (χ0n) is 12.8. The summed E-state index contributed by atoms with van der Waals surface area (Å²) in [6.45, 7) is 5.09. The lowest BCUT2D eigenvalue weighted by Crippen LogP contribution is -2.48. The minimum atomic E-state index is -2.01. The van der Waals surface area contributed by atoms with E-state index in [1.165, 1.54) is 0 Å². The molecular weight excluding hydrogens is 276 g/mol. The Labute approximate surface area is 124 Å². The van der Waals surface area contributed by atoms with Crippen molar-refractivity contribution in [2.45, 2.75) is 51.7 Å². The Morgan fingerprint density at radius 1 is 1.43 bits per heavy atom. The first-order valence-corrected chi connectivity index (χ1v) is 7.25. The molecule has 21 heavy (non-hydrogen) atoms. The predicted molar refractivity (Wildman–Crippen MR) is 75.5 cm³/mol. The molecule has 2 atom stereocenters. The van der Waals surface area contributed by atoms with Gasteiger partial charge in [-0.15, -0.1) is 0 Å². The van der Waals surface area contributed by atoms with Crippen LogP contribution in [0.4, 0.5) is 0 Å². The zero-order valence-corrected chi connectivity index (χ0v) is 12.8. The minimum absolute atomic E-state index is 0.0474. The van der Waals surface area contributed by atoms with Gasteiger partial charge in [0, 0.05) is 19.0 Å². The van der Waals surface area contributed by atoms with Gasteiger partial charge in [0.25, 0.3) is 0 Å². The van der Waals surface area contributed by atoms with Gasteiger partial charge in [-0.05, 0) is 19.8 Å². The van der Waals surface area contributed by atoms with Crippen molar-refractivity contribution in [2.75, 3.05) is 13.1 Å². The van der Waals surface area contributed by atoms with Crippen molar-refractivity contribution in [2.24, 2.45) is 5.92 Å². The van der Waals surface area contributed by atoms with E-state index < -0.39 is 23.4 Å². The molecule has 1 aliphatic rings. The standard InChI is InChI=1S/C14H24N2O5/c1-4-10(5-2)16-7-9(6-11(16)17)12(18)15-8-14(3,21)13(19)20/h9-10,21H,4-8H2,1-3H3,(H,15,18)(H,19,20). The molecule has 0 aliphatic carbocycles. The van der Waals surface area contributed by atoms with Gasteiger partial charge in [-0.3, -0.25) is 9.59 Å². The van der Waals surface area contributed by atoms with Crippen LogP contribution in [-0.4, -0.2) is 57.6 Å². The maximum atomic E-state index is 12.0. The summed E-state index contributed by atoms with van der Waals surface area (Å²) in [4.78, 5) is 36.5. The second-order valence-corrected chi connectivity index (χ2v) is 5.71. The second-order valence-electron chi connectivity index (χ2n) is 5.71. The van der Waals surface area contributed by atoms with Crippen LogP contribution >= 0.6 is 0 Å². The summed E-state index contributed by atoms with van der Waals surface area (Å²) in [6, 6.07) is 0.137. The Morgan fingerprint density at radius 3 is 2.48 bits per heavy atom. The van der Waals surface area contributed by atoms with Crippen LogP contribution < -0.4 is 5.32 Å². The lowest BCUT2D eigenvalue weighted by Gasteiger charge is -2.26. The lowest BCUT2D eigenvalue weighted by atomic mass is 10.1. The summed E-state index contributed by atoms with van der Waals surface area (Å²) < 4.78 is 0. The topological polar surface area (TPSA) is 107 Å². The van der Waals surface area contributed by atoms with Crippen LogP contribution in [0.1, 0.15) is 40.0 Å². The van der Waals surface area contributed by atoms with E-state index in [2.05, 4.69) is 5.32 Å². The zero-order chi connectivity index (χ0) is 16.2. The fourth-order valence-corrected chi connectivity index (χ4v) is 2.47. The second kappa shape index (κ2) is 6.89. The van der Waals surface area contributed by atoms with Gasteiger partial charge in [-0.1, -0.05) is 13.8 Å². The minimum Gasteiger partial charge on any atom is -0.479 e. The SMILES string of the molecule is CCC(CC)N1CC(C(=O)NCC(C)(O)C(=O)O)CC1=O. The number of carbonyl (C=O) groups is 3. The average Bonchev–Trinajstić information content (AvgIpc) is 2.80. The van der Waals surface area contributed by atoms with Crippen molar-refractivity contribution in [3.63, 3.8) is 0 Å². The molecular formula is C14H24N2O5. The number of nitrogens with one attached hydrogen (secondary N) is 1. The summed E-state index contributed by atoms with van der Waals surface area (Å²) in [5.74, 6) is -2.32. The van der Waals surface area contributed by atoms with E-state index in [-0.39, 0.29) is 24.9 Å². The first kappa shape index (κ1) is 17.4. The van der Waals surface area contributed by atoms with Crippen LogP contribution in [0.3, 0.4) is 0 Å². The summed E-state index contributed by atoms with van der Waals surface area (Å²) in [7, 11) is 0.